The maximum absolute atomic E-state index is 3.76. The zero-order valence-corrected chi connectivity index (χ0v) is 12.7. The van der Waals surface area contributed by atoms with Crippen LogP contribution in [0.4, 0.5) is 0 Å². The minimum absolute atomic E-state index is 0.941. The van der Waals surface area contributed by atoms with Crippen molar-refractivity contribution < 1.29 is 0 Å². The Morgan fingerprint density at radius 3 is 1.70 bits per heavy atom. The summed E-state index contributed by atoms with van der Waals surface area (Å²) in [7, 11) is 0. The zero-order valence-electron chi connectivity index (χ0n) is 5.66. The van der Waals surface area contributed by atoms with E-state index in [0.717, 1.165) is 3.97 Å². The Hall–Kier alpha value is 2.23. The van der Waals surface area contributed by atoms with Gasteiger partial charge in [-0.3, -0.25) is 0 Å². The molecule has 1 rings (SSSR count). The van der Waals surface area contributed by atoms with Crippen LogP contribution in [0.3, 0.4) is 0 Å². The van der Waals surface area contributed by atoms with Gasteiger partial charge in [-0.1, -0.05) is 0 Å². The average molecular weight is 450 g/mol. The normalized spacial score (nSPS) is 24.7. The van der Waals surface area contributed by atoms with Crippen molar-refractivity contribution in [2.45, 2.75) is 36.1 Å². The molecule has 1 fully saturated rings. The van der Waals surface area contributed by atoms with Crippen LogP contribution < -0.4 is 0 Å². The molecule has 0 saturated heterocycles. The van der Waals surface area contributed by atoms with Crippen LogP contribution >= 0.6 is 38.3 Å². The first-order valence-electron chi connectivity index (χ1n) is 3.52. The fourth-order valence-electron chi connectivity index (χ4n) is 1.33. The van der Waals surface area contributed by atoms with Gasteiger partial charge in [0.05, 0.1) is 0 Å². The van der Waals surface area contributed by atoms with E-state index in [9.17, 15) is 0 Å². The molecule has 0 spiro atoms. The van der Waals surface area contributed by atoms with E-state index >= 15 is 0 Å². The molecule has 0 atom stereocenters. The molecule has 0 bridgehead atoms. The van der Waals surface area contributed by atoms with Crippen molar-refractivity contribution in [3.63, 3.8) is 0 Å². The van der Waals surface area contributed by atoms with Crippen molar-refractivity contribution in [1.29, 1.82) is 0 Å². The van der Waals surface area contributed by atoms with Gasteiger partial charge in [-0.25, -0.2) is 0 Å². The van der Waals surface area contributed by atoms with Crippen molar-refractivity contribution in [3.8, 4) is 0 Å². The van der Waals surface area contributed by atoms with Crippen LogP contribution in [0, 0.1) is 0 Å². The van der Waals surface area contributed by atoms with Crippen molar-refractivity contribution >= 4 is 49.8 Å². The third-order valence-corrected chi connectivity index (χ3v) is 16.1. The summed E-state index contributed by atoms with van der Waals surface area (Å²) in [4.78, 5) is 0. The Morgan fingerprint density at radius 2 is 1.40 bits per heavy atom. The molecule has 0 aromatic rings. The van der Waals surface area contributed by atoms with Crippen LogP contribution in [0.25, 0.3) is 0 Å². The summed E-state index contributed by atoms with van der Waals surface area (Å²) in [6.45, 7) is 0. The molecule has 62 valence electrons. The molecule has 0 heterocycles. The SMILES string of the molecule is Br[Te](Br)(Br)C1CCCCC1. The summed E-state index contributed by atoms with van der Waals surface area (Å²) < 4.78 is 0.941. The van der Waals surface area contributed by atoms with Gasteiger partial charge in [0.25, 0.3) is 0 Å². The summed E-state index contributed by atoms with van der Waals surface area (Å²) in [6.07, 6.45) is 7.15. The van der Waals surface area contributed by atoms with E-state index in [2.05, 4.69) is 38.3 Å². The predicted molar refractivity (Wildman–Crippen MR) is 59.4 cm³/mol. The Balaban J connectivity index is 2.39. The second-order valence-corrected chi connectivity index (χ2v) is 45.2. The van der Waals surface area contributed by atoms with E-state index in [1.165, 1.54) is 32.1 Å². The molecule has 10 heavy (non-hydrogen) atoms. The van der Waals surface area contributed by atoms with Crippen molar-refractivity contribution in [2.75, 3.05) is 0 Å². The van der Waals surface area contributed by atoms with Crippen LogP contribution in [0.15, 0.2) is 0 Å². The van der Waals surface area contributed by atoms with Gasteiger partial charge >= 0.3 is 85.9 Å². The molecule has 4 heteroatoms. The maximum atomic E-state index is 3.76. The molecular weight excluding hydrogens is 439 g/mol. The number of rotatable bonds is 1. The van der Waals surface area contributed by atoms with Gasteiger partial charge in [0.1, 0.15) is 0 Å². The van der Waals surface area contributed by atoms with Crippen LogP contribution in [0.2, 0.25) is 3.97 Å². The topological polar surface area (TPSA) is 0 Å². The summed E-state index contributed by atoms with van der Waals surface area (Å²) in [5, 5.41) is 0. The van der Waals surface area contributed by atoms with Gasteiger partial charge in [0, 0.05) is 0 Å². The van der Waals surface area contributed by atoms with Crippen molar-refractivity contribution in [3.05, 3.63) is 0 Å². The molecular formula is C6H11Br3Te. The summed E-state index contributed by atoms with van der Waals surface area (Å²) in [6, 6.07) is 0. The van der Waals surface area contributed by atoms with Crippen LogP contribution in [0.1, 0.15) is 32.1 Å². The summed E-state index contributed by atoms with van der Waals surface area (Å²) in [5.41, 5.74) is 0. The summed E-state index contributed by atoms with van der Waals surface area (Å²) >= 11 is 9.48. The fourth-order valence-corrected chi connectivity index (χ4v) is 11.3. The minimum atomic E-state index is -1.81. The van der Waals surface area contributed by atoms with Gasteiger partial charge < -0.3 is 0 Å². The molecule has 1 aliphatic rings. The van der Waals surface area contributed by atoms with E-state index in [0.29, 0.717) is 0 Å². The van der Waals surface area contributed by atoms with Gasteiger partial charge in [-0.05, 0) is 0 Å². The Bertz CT molecular complexity index is 104. The zero-order chi connectivity index (χ0) is 7.61. The van der Waals surface area contributed by atoms with E-state index in [1.807, 2.05) is 0 Å². The van der Waals surface area contributed by atoms with E-state index < -0.39 is 11.6 Å². The molecule has 0 amide bonds. The third kappa shape index (κ3) is 3.31. The molecule has 0 unspecified atom stereocenters. The monoisotopic (exact) mass is 450 g/mol. The molecule has 1 aliphatic carbocycles. The Morgan fingerprint density at radius 1 is 0.900 bits per heavy atom. The quantitative estimate of drug-likeness (QED) is 0.518. The van der Waals surface area contributed by atoms with Crippen LogP contribution in [-0.2, 0) is 0 Å². The predicted octanol–water partition coefficient (Wildman–Crippen LogP) is 4.44. The molecule has 0 nitrogen and oxygen atoms in total. The number of hydrogen-bond donors (Lipinski definition) is 0. The number of hydrogen-bond acceptors (Lipinski definition) is 0. The second kappa shape index (κ2) is 4.46. The van der Waals surface area contributed by atoms with Gasteiger partial charge in [0.2, 0.25) is 0 Å². The second-order valence-electron chi connectivity index (χ2n) is 2.70. The first-order chi connectivity index (χ1) is 4.61. The summed E-state index contributed by atoms with van der Waals surface area (Å²) in [5.74, 6) is 0. The Kier molecular flexibility index (Phi) is 4.60. The van der Waals surface area contributed by atoms with E-state index in [4.69, 9.17) is 0 Å². The molecule has 0 N–H and O–H groups in total. The molecule has 0 aliphatic heterocycles. The Labute approximate surface area is 84.7 Å². The number of halogens is 3. The first-order valence-corrected chi connectivity index (χ1v) is 20.5. The molecule has 1 saturated carbocycles. The van der Waals surface area contributed by atoms with Crippen molar-refractivity contribution in [2.24, 2.45) is 0 Å². The van der Waals surface area contributed by atoms with Gasteiger partial charge in [-0.15, -0.1) is 0 Å². The third-order valence-electron chi connectivity index (χ3n) is 1.93. The van der Waals surface area contributed by atoms with Crippen LogP contribution in [0.5, 0.6) is 0 Å². The molecule has 0 aromatic heterocycles. The van der Waals surface area contributed by atoms with E-state index in [-0.39, 0.29) is 0 Å². The standard InChI is InChI=1S/C6H11Br3Te/c7-10(8,9)6-4-2-1-3-5-6/h6H,1-5H2. The van der Waals surface area contributed by atoms with E-state index in [1.54, 1.807) is 0 Å². The van der Waals surface area contributed by atoms with Gasteiger partial charge in [-0.2, -0.15) is 0 Å². The average Bonchev–Trinajstić information content (AvgIpc) is 1.88. The molecule has 0 aromatic carbocycles. The van der Waals surface area contributed by atoms with Crippen LogP contribution in [-0.4, -0.2) is 11.6 Å². The van der Waals surface area contributed by atoms with Gasteiger partial charge in [0.15, 0.2) is 0 Å². The first kappa shape index (κ1) is 10.3. The molecule has 0 radical (unpaired) electrons. The van der Waals surface area contributed by atoms with Crippen molar-refractivity contribution in [1.82, 2.24) is 0 Å². The fraction of sp³-hybridized carbons (Fsp3) is 1.00.